The van der Waals surface area contributed by atoms with E-state index in [1.165, 1.54) is 18.4 Å². The summed E-state index contributed by atoms with van der Waals surface area (Å²) in [5.74, 6) is -0.314. The summed E-state index contributed by atoms with van der Waals surface area (Å²) in [6.07, 6.45) is 3.03. The first-order valence-corrected chi connectivity index (χ1v) is 9.25. The van der Waals surface area contributed by atoms with Crippen molar-refractivity contribution in [1.82, 2.24) is 9.78 Å². The molecule has 0 saturated heterocycles. The van der Waals surface area contributed by atoms with Gasteiger partial charge in [0, 0.05) is 25.1 Å². The van der Waals surface area contributed by atoms with Crippen LogP contribution in [0.5, 0.6) is 0 Å². The molecule has 0 amide bonds. The van der Waals surface area contributed by atoms with Gasteiger partial charge in [-0.1, -0.05) is 18.2 Å². The third-order valence-electron chi connectivity index (χ3n) is 3.88. The van der Waals surface area contributed by atoms with Crippen LogP contribution in [0.2, 0.25) is 0 Å². The number of aromatic nitrogens is 2. The van der Waals surface area contributed by atoms with E-state index >= 15 is 0 Å². The van der Waals surface area contributed by atoms with Crippen molar-refractivity contribution < 1.29 is 12.8 Å². The quantitative estimate of drug-likeness (QED) is 0.729. The minimum absolute atomic E-state index is 0.242. The lowest BCUT2D eigenvalue weighted by Crippen LogP contribution is -1.98. The summed E-state index contributed by atoms with van der Waals surface area (Å²) >= 11 is 0. The first kappa shape index (κ1) is 16.4. The first-order chi connectivity index (χ1) is 11.3. The van der Waals surface area contributed by atoms with Crippen molar-refractivity contribution >= 4 is 9.84 Å². The number of rotatable bonds is 3. The maximum absolute atomic E-state index is 13.2. The summed E-state index contributed by atoms with van der Waals surface area (Å²) in [6, 6.07) is 11.1. The molecule has 124 valence electrons. The van der Waals surface area contributed by atoms with Crippen LogP contribution in [-0.2, 0) is 16.9 Å². The molecule has 0 aliphatic rings. The summed E-state index contributed by atoms with van der Waals surface area (Å²) in [4.78, 5) is 0.242. The molecule has 24 heavy (non-hydrogen) atoms. The van der Waals surface area contributed by atoms with Gasteiger partial charge >= 0.3 is 0 Å². The standard InChI is InChI=1S/C18H17FN2O2S/c1-12-18(11-21(2)20-12)17-10-15(24(3,22)23)8-9-16(17)13-4-6-14(19)7-5-13/h4-11H,1-3H3. The Kier molecular flexibility index (Phi) is 4.01. The third kappa shape index (κ3) is 3.10. The van der Waals surface area contributed by atoms with Crippen molar-refractivity contribution in [3.8, 4) is 22.3 Å². The van der Waals surface area contributed by atoms with E-state index in [0.29, 0.717) is 0 Å². The molecule has 0 saturated carbocycles. The molecular weight excluding hydrogens is 327 g/mol. The molecule has 0 radical (unpaired) electrons. The van der Waals surface area contributed by atoms with E-state index in [4.69, 9.17) is 0 Å². The van der Waals surface area contributed by atoms with Crippen LogP contribution >= 0.6 is 0 Å². The maximum Gasteiger partial charge on any atom is 0.175 e. The number of nitrogens with zero attached hydrogens (tertiary/aromatic N) is 2. The molecule has 0 aliphatic carbocycles. The molecule has 0 N–H and O–H groups in total. The van der Waals surface area contributed by atoms with Crippen molar-refractivity contribution in [3.63, 3.8) is 0 Å². The molecule has 3 aromatic rings. The SMILES string of the molecule is Cc1nn(C)cc1-c1cc(S(C)(=O)=O)ccc1-c1ccc(F)cc1. The minimum Gasteiger partial charge on any atom is -0.275 e. The van der Waals surface area contributed by atoms with Crippen LogP contribution < -0.4 is 0 Å². The number of aryl methyl sites for hydroxylation is 2. The maximum atomic E-state index is 13.2. The fraction of sp³-hybridized carbons (Fsp3) is 0.167. The second kappa shape index (κ2) is 5.87. The highest BCUT2D eigenvalue weighted by Gasteiger charge is 2.16. The lowest BCUT2D eigenvalue weighted by atomic mass is 9.95. The number of halogens is 1. The zero-order chi connectivity index (χ0) is 17.5. The van der Waals surface area contributed by atoms with Gasteiger partial charge in [0.1, 0.15) is 5.82 Å². The molecule has 6 heteroatoms. The smallest absolute Gasteiger partial charge is 0.175 e. The molecule has 0 bridgehead atoms. The second-order valence-electron chi connectivity index (χ2n) is 5.79. The van der Waals surface area contributed by atoms with Crippen LogP contribution in [0, 0.1) is 12.7 Å². The van der Waals surface area contributed by atoms with Crippen molar-refractivity contribution in [1.29, 1.82) is 0 Å². The molecule has 1 aromatic heterocycles. The molecule has 0 atom stereocenters. The summed E-state index contributed by atoms with van der Waals surface area (Å²) < 4.78 is 38.8. The monoisotopic (exact) mass is 344 g/mol. The topological polar surface area (TPSA) is 52.0 Å². The van der Waals surface area contributed by atoms with Crippen LogP contribution in [0.3, 0.4) is 0 Å². The number of hydrogen-bond donors (Lipinski definition) is 0. The molecule has 2 aromatic carbocycles. The van der Waals surface area contributed by atoms with Gasteiger partial charge in [0.2, 0.25) is 0 Å². The van der Waals surface area contributed by atoms with Gasteiger partial charge in [-0.25, -0.2) is 12.8 Å². The van der Waals surface area contributed by atoms with Gasteiger partial charge in [0.05, 0.1) is 10.6 Å². The van der Waals surface area contributed by atoms with Gasteiger partial charge in [-0.2, -0.15) is 5.10 Å². The molecule has 0 unspecified atom stereocenters. The molecular formula is C18H17FN2O2S. The second-order valence-corrected chi connectivity index (χ2v) is 7.80. The fourth-order valence-electron chi connectivity index (χ4n) is 2.72. The Morgan fingerprint density at radius 3 is 2.21 bits per heavy atom. The van der Waals surface area contributed by atoms with E-state index in [1.807, 2.05) is 20.2 Å². The van der Waals surface area contributed by atoms with Crippen molar-refractivity contribution in [2.45, 2.75) is 11.8 Å². The van der Waals surface area contributed by atoms with Gasteiger partial charge in [0.15, 0.2) is 9.84 Å². The Morgan fingerprint density at radius 2 is 1.67 bits per heavy atom. The van der Waals surface area contributed by atoms with Crippen molar-refractivity contribution in [2.75, 3.05) is 6.26 Å². The van der Waals surface area contributed by atoms with Crippen LogP contribution in [-0.4, -0.2) is 24.5 Å². The largest absolute Gasteiger partial charge is 0.275 e. The Labute approximate surface area is 140 Å². The Balaban J connectivity index is 2.29. The number of sulfone groups is 1. The normalized spacial score (nSPS) is 11.7. The highest BCUT2D eigenvalue weighted by molar-refractivity contribution is 7.90. The Hall–Kier alpha value is -2.47. The van der Waals surface area contributed by atoms with Gasteiger partial charge in [-0.05, 0) is 47.9 Å². The van der Waals surface area contributed by atoms with Crippen molar-refractivity contribution in [2.24, 2.45) is 7.05 Å². The van der Waals surface area contributed by atoms with Gasteiger partial charge < -0.3 is 0 Å². The molecule has 0 fully saturated rings. The number of benzene rings is 2. The van der Waals surface area contributed by atoms with Gasteiger partial charge in [-0.15, -0.1) is 0 Å². The predicted octanol–water partition coefficient (Wildman–Crippen LogP) is 3.61. The molecule has 1 heterocycles. The average molecular weight is 344 g/mol. The van der Waals surface area contributed by atoms with E-state index in [2.05, 4.69) is 5.10 Å². The summed E-state index contributed by atoms with van der Waals surface area (Å²) in [6.45, 7) is 1.87. The van der Waals surface area contributed by atoms with E-state index in [0.717, 1.165) is 27.9 Å². The zero-order valence-corrected chi connectivity index (χ0v) is 14.4. The van der Waals surface area contributed by atoms with Gasteiger partial charge in [-0.3, -0.25) is 4.68 Å². The Bertz CT molecular complexity index is 1010. The average Bonchev–Trinajstić information content (AvgIpc) is 2.85. The summed E-state index contributed by atoms with van der Waals surface area (Å²) in [5, 5.41) is 4.34. The summed E-state index contributed by atoms with van der Waals surface area (Å²) in [5.41, 5.74) is 4.05. The lowest BCUT2D eigenvalue weighted by Gasteiger charge is -2.11. The first-order valence-electron chi connectivity index (χ1n) is 7.36. The van der Waals surface area contributed by atoms with Crippen LogP contribution in [0.1, 0.15) is 5.69 Å². The molecule has 3 rings (SSSR count). The highest BCUT2D eigenvalue weighted by atomic mass is 32.2. The lowest BCUT2D eigenvalue weighted by molar-refractivity contribution is 0.602. The van der Waals surface area contributed by atoms with Crippen LogP contribution in [0.15, 0.2) is 53.6 Å². The van der Waals surface area contributed by atoms with Gasteiger partial charge in [0.25, 0.3) is 0 Å². The van der Waals surface area contributed by atoms with E-state index in [9.17, 15) is 12.8 Å². The van der Waals surface area contributed by atoms with E-state index in [-0.39, 0.29) is 10.7 Å². The van der Waals surface area contributed by atoms with E-state index < -0.39 is 9.84 Å². The molecule has 0 aliphatic heterocycles. The van der Waals surface area contributed by atoms with Crippen molar-refractivity contribution in [3.05, 3.63) is 60.2 Å². The summed E-state index contributed by atoms with van der Waals surface area (Å²) in [7, 11) is -1.52. The highest BCUT2D eigenvalue weighted by Crippen LogP contribution is 2.35. The number of hydrogen-bond acceptors (Lipinski definition) is 3. The van der Waals surface area contributed by atoms with E-state index in [1.54, 1.807) is 35.0 Å². The zero-order valence-electron chi connectivity index (χ0n) is 13.6. The fourth-order valence-corrected chi connectivity index (χ4v) is 3.37. The minimum atomic E-state index is -3.33. The van der Waals surface area contributed by atoms with Crippen LogP contribution in [0.25, 0.3) is 22.3 Å². The molecule has 4 nitrogen and oxygen atoms in total. The van der Waals surface area contributed by atoms with Crippen LogP contribution in [0.4, 0.5) is 4.39 Å². The third-order valence-corrected chi connectivity index (χ3v) is 4.99. The Morgan fingerprint density at radius 1 is 1.00 bits per heavy atom. The predicted molar refractivity (Wildman–Crippen MR) is 91.9 cm³/mol. The molecule has 0 spiro atoms.